The molecule has 1 aromatic carbocycles. The Morgan fingerprint density at radius 2 is 1.85 bits per heavy atom. The van der Waals surface area contributed by atoms with E-state index in [9.17, 15) is 8.42 Å². The maximum absolute atomic E-state index is 12.5. The summed E-state index contributed by atoms with van der Waals surface area (Å²) in [6.07, 6.45) is 0. The normalized spacial score (nSPS) is 13.8. The van der Waals surface area contributed by atoms with Crippen LogP contribution < -0.4 is 0 Å². The van der Waals surface area contributed by atoms with Crippen LogP contribution in [0.3, 0.4) is 0 Å². The molecule has 0 aliphatic carbocycles. The van der Waals surface area contributed by atoms with E-state index in [1.54, 1.807) is 7.11 Å². The molecule has 20 heavy (non-hydrogen) atoms. The second-order valence-corrected chi connectivity index (χ2v) is 9.04. The monoisotopic (exact) mass is 467 g/mol. The molecule has 0 radical (unpaired) electrons. The number of rotatable bonds is 6. The molecule has 1 rings (SSSR count). The molecule has 9 heteroatoms. The Hall–Kier alpha value is 0.630. The summed E-state index contributed by atoms with van der Waals surface area (Å²) >= 11 is 18.6. The maximum Gasteiger partial charge on any atom is 0.245 e. The number of benzene rings is 1. The molecule has 114 valence electrons. The van der Waals surface area contributed by atoms with Gasteiger partial charge in [0.1, 0.15) is 4.90 Å². The third kappa shape index (κ3) is 4.56. The lowest BCUT2D eigenvalue weighted by atomic mass is 10.4. The highest BCUT2D eigenvalue weighted by molar-refractivity contribution is 9.10. The molecule has 0 saturated carbocycles. The Morgan fingerprint density at radius 1 is 1.35 bits per heavy atom. The van der Waals surface area contributed by atoms with Gasteiger partial charge in [-0.3, -0.25) is 0 Å². The van der Waals surface area contributed by atoms with Gasteiger partial charge >= 0.3 is 0 Å². The first kappa shape index (κ1) is 18.7. The molecule has 0 aliphatic heterocycles. The molecule has 0 N–H and O–H groups in total. The van der Waals surface area contributed by atoms with Crippen molar-refractivity contribution < 1.29 is 13.2 Å². The van der Waals surface area contributed by atoms with Crippen LogP contribution in [0.25, 0.3) is 0 Å². The fourth-order valence-corrected chi connectivity index (χ4v) is 5.52. The lowest BCUT2D eigenvalue weighted by Gasteiger charge is -2.21. The van der Waals surface area contributed by atoms with Gasteiger partial charge in [0.25, 0.3) is 0 Å². The van der Waals surface area contributed by atoms with E-state index in [2.05, 4.69) is 31.9 Å². The van der Waals surface area contributed by atoms with Crippen molar-refractivity contribution in [1.29, 1.82) is 0 Å². The quantitative estimate of drug-likeness (QED) is 0.595. The van der Waals surface area contributed by atoms with E-state index >= 15 is 0 Å². The van der Waals surface area contributed by atoms with Gasteiger partial charge in [0.15, 0.2) is 0 Å². The molecule has 0 spiro atoms. The minimum absolute atomic E-state index is 0.0779. The molecule has 4 nitrogen and oxygen atoms in total. The second-order valence-electron chi connectivity index (χ2n) is 4.04. The van der Waals surface area contributed by atoms with Crippen LogP contribution in [0.4, 0.5) is 0 Å². The van der Waals surface area contributed by atoms with Gasteiger partial charge in [0, 0.05) is 25.2 Å². The Balaban J connectivity index is 3.11. The van der Waals surface area contributed by atoms with Crippen LogP contribution in [0.5, 0.6) is 0 Å². The Bertz CT molecular complexity index is 560. The third-order valence-electron chi connectivity index (χ3n) is 2.43. The van der Waals surface area contributed by atoms with Crippen molar-refractivity contribution >= 4 is 65.1 Å². The molecule has 0 fully saturated rings. The number of alkyl halides is 1. The van der Waals surface area contributed by atoms with E-state index in [0.717, 1.165) is 0 Å². The molecule has 0 bridgehead atoms. The van der Waals surface area contributed by atoms with Crippen molar-refractivity contribution in [3.8, 4) is 0 Å². The summed E-state index contributed by atoms with van der Waals surface area (Å²) in [6.45, 7) is 0.626. The highest BCUT2D eigenvalue weighted by Gasteiger charge is 2.28. The van der Waals surface area contributed by atoms with Crippen LogP contribution in [-0.2, 0) is 14.8 Å². The van der Waals surface area contributed by atoms with Crippen molar-refractivity contribution in [3.05, 3.63) is 26.7 Å². The Labute approximate surface area is 145 Å². The molecule has 0 aromatic heterocycles. The first-order valence-corrected chi connectivity index (χ1v) is 9.34. The molecular weight excluding hydrogens is 457 g/mol. The number of hydrogen-bond donors (Lipinski definition) is 0. The van der Waals surface area contributed by atoms with Gasteiger partial charge in [-0.1, -0.05) is 55.1 Å². The summed E-state index contributed by atoms with van der Waals surface area (Å²) in [5, 5.41) is 0.156. The fourth-order valence-electron chi connectivity index (χ4n) is 1.54. The number of sulfonamides is 1. The molecule has 1 atom stereocenters. The van der Waals surface area contributed by atoms with Crippen molar-refractivity contribution in [1.82, 2.24) is 4.31 Å². The predicted octanol–water partition coefficient (Wildman–Crippen LogP) is 3.79. The summed E-state index contributed by atoms with van der Waals surface area (Å²) < 4.78 is 31.8. The van der Waals surface area contributed by atoms with Gasteiger partial charge in [-0.05, 0) is 12.1 Å². The Morgan fingerprint density at radius 3 is 2.30 bits per heavy atom. The molecule has 1 aromatic rings. The first-order valence-electron chi connectivity index (χ1n) is 5.44. The molecule has 1 unspecified atom stereocenters. The summed E-state index contributed by atoms with van der Waals surface area (Å²) in [5.41, 5.74) is 0. The summed E-state index contributed by atoms with van der Waals surface area (Å²) in [6, 6.07) is 2.99. The first-order chi connectivity index (χ1) is 9.20. The highest BCUT2D eigenvalue weighted by Crippen LogP contribution is 2.34. The van der Waals surface area contributed by atoms with E-state index in [-0.39, 0.29) is 26.3 Å². The topological polar surface area (TPSA) is 46.6 Å². The van der Waals surface area contributed by atoms with Crippen molar-refractivity contribution in [2.45, 2.75) is 9.72 Å². The number of halogens is 4. The maximum atomic E-state index is 12.5. The van der Waals surface area contributed by atoms with E-state index in [0.29, 0.717) is 11.1 Å². The van der Waals surface area contributed by atoms with Crippen LogP contribution >= 0.6 is 55.1 Å². The van der Waals surface area contributed by atoms with Crippen LogP contribution in [-0.4, -0.2) is 44.9 Å². The van der Waals surface area contributed by atoms with E-state index in [1.165, 1.54) is 23.5 Å². The van der Waals surface area contributed by atoms with Gasteiger partial charge in [-0.2, -0.15) is 4.31 Å². The minimum atomic E-state index is -3.77. The van der Waals surface area contributed by atoms with Crippen molar-refractivity contribution in [3.63, 3.8) is 0 Å². The molecule has 0 amide bonds. The SMILES string of the molecule is COCC(Br)CN(C)S(=O)(=O)c1c(Cl)cc(Br)cc1Cl. The van der Waals surface area contributed by atoms with Crippen LogP contribution in [0.15, 0.2) is 21.5 Å². The molecule has 0 saturated heterocycles. The minimum Gasteiger partial charge on any atom is -0.383 e. The van der Waals surface area contributed by atoms with Gasteiger partial charge in [-0.25, -0.2) is 8.42 Å². The van der Waals surface area contributed by atoms with Crippen LogP contribution in [0, 0.1) is 0 Å². The van der Waals surface area contributed by atoms with E-state index < -0.39 is 10.0 Å². The smallest absolute Gasteiger partial charge is 0.245 e. The zero-order valence-corrected chi connectivity index (χ0v) is 16.2. The number of hydrogen-bond acceptors (Lipinski definition) is 3. The molecular formula is C11H13Br2Cl2NO3S. The number of ether oxygens (including phenoxy) is 1. The lowest BCUT2D eigenvalue weighted by Crippen LogP contribution is -2.34. The average molecular weight is 470 g/mol. The molecule has 0 aliphatic rings. The molecule has 0 heterocycles. The summed E-state index contributed by atoms with van der Waals surface area (Å²) in [5.74, 6) is 0. The zero-order chi connectivity index (χ0) is 15.5. The highest BCUT2D eigenvalue weighted by atomic mass is 79.9. The predicted molar refractivity (Wildman–Crippen MR) is 88.6 cm³/mol. The number of nitrogens with zero attached hydrogens (tertiary/aromatic N) is 1. The van der Waals surface area contributed by atoms with E-state index in [1.807, 2.05) is 0 Å². The Kier molecular flexibility index (Phi) is 7.25. The summed E-state index contributed by atoms with van der Waals surface area (Å²) in [7, 11) is -0.754. The van der Waals surface area contributed by atoms with Gasteiger partial charge in [-0.15, -0.1) is 0 Å². The standard InChI is InChI=1S/C11H13Br2Cl2NO3S/c1-16(5-8(13)6-19-2)20(17,18)11-9(14)3-7(12)4-10(11)15/h3-4,8H,5-6H2,1-2H3. The van der Waals surface area contributed by atoms with Crippen LogP contribution in [0.1, 0.15) is 0 Å². The van der Waals surface area contributed by atoms with Crippen molar-refractivity contribution in [2.24, 2.45) is 0 Å². The van der Waals surface area contributed by atoms with Gasteiger partial charge in [0.2, 0.25) is 10.0 Å². The lowest BCUT2D eigenvalue weighted by molar-refractivity contribution is 0.195. The number of methoxy groups -OCH3 is 1. The van der Waals surface area contributed by atoms with E-state index in [4.69, 9.17) is 27.9 Å². The average Bonchev–Trinajstić information content (AvgIpc) is 2.26. The van der Waals surface area contributed by atoms with Crippen molar-refractivity contribution in [2.75, 3.05) is 27.3 Å². The van der Waals surface area contributed by atoms with Crippen LogP contribution in [0.2, 0.25) is 10.0 Å². The third-order valence-corrected chi connectivity index (χ3v) is 6.19. The largest absolute Gasteiger partial charge is 0.383 e. The zero-order valence-electron chi connectivity index (χ0n) is 10.7. The fraction of sp³-hybridized carbons (Fsp3) is 0.455. The summed E-state index contributed by atoms with van der Waals surface area (Å²) in [4.78, 5) is -0.219. The van der Waals surface area contributed by atoms with Gasteiger partial charge in [0.05, 0.1) is 21.5 Å². The van der Waals surface area contributed by atoms with Gasteiger partial charge < -0.3 is 4.74 Å². The second kappa shape index (κ2) is 7.76.